The first-order valence-corrected chi connectivity index (χ1v) is 8.24. The zero-order valence-corrected chi connectivity index (χ0v) is 14.3. The second-order valence-electron chi connectivity index (χ2n) is 6.62. The van der Waals surface area contributed by atoms with Crippen molar-refractivity contribution in [2.45, 2.75) is 56.2 Å². The molecule has 0 aliphatic heterocycles. The first-order chi connectivity index (χ1) is 9.77. The van der Waals surface area contributed by atoms with Crippen molar-refractivity contribution in [3.05, 3.63) is 53.5 Å². The maximum atomic E-state index is 6.14. The average Bonchev–Trinajstić information content (AvgIpc) is 2.81. The van der Waals surface area contributed by atoms with E-state index >= 15 is 0 Å². The molecule has 114 valence electrons. The van der Waals surface area contributed by atoms with E-state index in [4.69, 9.17) is 10.2 Å². The zero-order valence-electron chi connectivity index (χ0n) is 13.5. The molecule has 2 N–H and O–H groups in total. The summed E-state index contributed by atoms with van der Waals surface area (Å²) >= 11 is 1.76. The van der Waals surface area contributed by atoms with Gasteiger partial charge in [-0.3, -0.25) is 0 Å². The summed E-state index contributed by atoms with van der Waals surface area (Å²) in [4.78, 5) is 1.22. The molecule has 21 heavy (non-hydrogen) atoms. The molecule has 2 unspecified atom stereocenters. The van der Waals surface area contributed by atoms with Crippen LogP contribution in [0.5, 0.6) is 0 Å². The predicted molar refractivity (Wildman–Crippen MR) is 90.8 cm³/mol. The lowest BCUT2D eigenvalue weighted by molar-refractivity contribution is 0.465. The summed E-state index contributed by atoms with van der Waals surface area (Å²) in [5.41, 5.74) is 7.67. The van der Waals surface area contributed by atoms with Gasteiger partial charge >= 0.3 is 0 Å². The van der Waals surface area contributed by atoms with E-state index in [9.17, 15) is 0 Å². The third-order valence-corrected chi connectivity index (χ3v) is 4.96. The molecule has 1 heterocycles. The van der Waals surface area contributed by atoms with Gasteiger partial charge in [0.1, 0.15) is 11.5 Å². The van der Waals surface area contributed by atoms with Crippen LogP contribution in [0.3, 0.4) is 0 Å². The maximum absolute atomic E-state index is 6.14. The van der Waals surface area contributed by atoms with Crippen LogP contribution in [-0.2, 0) is 5.41 Å². The van der Waals surface area contributed by atoms with E-state index in [2.05, 4.69) is 45.0 Å². The lowest BCUT2D eigenvalue weighted by atomic mass is 9.87. The standard InChI is InChI=1S/C18H25NOS/c1-12-6-11-16(20-12)17(13(2)19)21-15-9-7-14(8-10-15)18(3,4)5/h6-11,13,17H,19H2,1-5H3. The van der Waals surface area contributed by atoms with Crippen molar-refractivity contribution in [1.82, 2.24) is 0 Å². The van der Waals surface area contributed by atoms with Crippen LogP contribution >= 0.6 is 11.8 Å². The van der Waals surface area contributed by atoms with Crippen molar-refractivity contribution in [3.8, 4) is 0 Å². The Kier molecular flexibility index (Phi) is 4.84. The topological polar surface area (TPSA) is 39.2 Å². The van der Waals surface area contributed by atoms with Crippen molar-refractivity contribution in [2.75, 3.05) is 0 Å². The molecule has 2 atom stereocenters. The monoisotopic (exact) mass is 303 g/mol. The quantitative estimate of drug-likeness (QED) is 0.802. The number of rotatable bonds is 4. The number of hydrogen-bond acceptors (Lipinski definition) is 3. The molecule has 0 saturated carbocycles. The summed E-state index contributed by atoms with van der Waals surface area (Å²) in [5, 5.41) is 0.138. The van der Waals surface area contributed by atoms with Gasteiger partial charge in [-0.2, -0.15) is 0 Å². The Labute approximate surface area is 132 Å². The molecule has 0 saturated heterocycles. The van der Waals surface area contributed by atoms with Crippen LogP contribution in [0.2, 0.25) is 0 Å². The summed E-state index contributed by atoms with van der Waals surface area (Å²) in [7, 11) is 0. The molecular weight excluding hydrogens is 278 g/mol. The van der Waals surface area contributed by atoms with Gasteiger partial charge in [-0.1, -0.05) is 32.9 Å². The summed E-state index contributed by atoms with van der Waals surface area (Å²) in [6.07, 6.45) is 0. The molecule has 0 spiro atoms. The second kappa shape index (κ2) is 6.29. The van der Waals surface area contributed by atoms with Gasteiger partial charge in [0, 0.05) is 10.9 Å². The minimum atomic E-state index is 0.0304. The lowest BCUT2D eigenvalue weighted by Crippen LogP contribution is -2.22. The van der Waals surface area contributed by atoms with Crippen molar-refractivity contribution < 1.29 is 4.42 Å². The van der Waals surface area contributed by atoms with Gasteiger partial charge in [0.25, 0.3) is 0 Å². The van der Waals surface area contributed by atoms with Crippen LogP contribution in [0, 0.1) is 6.92 Å². The van der Waals surface area contributed by atoms with Crippen LogP contribution in [0.4, 0.5) is 0 Å². The molecule has 1 aromatic carbocycles. The van der Waals surface area contributed by atoms with Gasteiger partial charge in [0.15, 0.2) is 0 Å². The maximum Gasteiger partial charge on any atom is 0.119 e. The van der Waals surface area contributed by atoms with Gasteiger partial charge in [-0.05, 0) is 49.1 Å². The number of benzene rings is 1. The fourth-order valence-electron chi connectivity index (χ4n) is 2.21. The first kappa shape index (κ1) is 16.2. The van der Waals surface area contributed by atoms with Gasteiger partial charge in [-0.25, -0.2) is 0 Å². The Balaban J connectivity index is 2.18. The van der Waals surface area contributed by atoms with Crippen LogP contribution in [0.25, 0.3) is 0 Å². The first-order valence-electron chi connectivity index (χ1n) is 7.36. The average molecular weight is 303 g/mol. The van der Waals surface area contributed by atoms with Crippen LogP contribution < -0.4 is 5.73 Å². The Morgan fingerprint density at radius 2 is 1.67 bits per heavy atom. The highest BCUT2D eigenvalue weighted by atomic mass is 32.2. The molecule has 0 bridgehead atoms. The van der Waals surface area contributed by atoms with Crippen molar-refractivity contribution >= 4 is 11.8 Å². The SMILES string of the molecule is Cc1ccc(C(Sc2ccc(C(C)(C)C)cc2)C(C)N)o1. The molecule has 3 heteroatoms. The molecule has 2 rings (SSSR count). The number of aryl methyl sites for hydroxylation is 1. The Morgan fingerprint density at radius 3 is 2.10 bits per heavy atom. The van der Waals surface area contributed by atoms with Crippen LogP contribution in [-0.4, -0.2) is 6.04 Å². The van der Waals surface area contributed by atoms with Gasteiger partial charge in [0.05, 0.1) is 5.25 Å². The third-order valence-electron chi connectivity index (χ3n) is 3.50. The summed E-state index contributed by atoms with van der Waals surface area (Å²) < 4.78 is 5.76. The molecule has 0 fully saturated rings. The second-order valence-corrected chi connectivity index (χ2v) is 7.84. The molecule has 0 amide bonds. The van der Waals surface area contributed by atoms with E-state index in [1.807, 2.05) is 26.0 Å². The van der Waals surface area contributed by atoms with Gasteiger partial charge in [-0.15, -0.1) is 11.8 Å². The Morgan fingerprint density at radius 1 is 1.05 bits per heavy atom. The highest BCUT2D eigenvalue weighted by molar-refractivity contribution is 7.99. The molecule has 2 aromatic rings. The zero-order chi connectivity index (χ0) is 15.6. The minimum Gasteiger partial charge on any atom is -0.465 e. The number of thioether (sulfide) groups is 1. The molecular formula is C18H25NOS. The highest BCUT2D eigenvalue weighted by Crippen LogP contribution is 2.38. The summed E-state index contributed by atoms with van der Waals surface area (Å²) in [6.45, 7) is 10.7. The molecule has 0 aliphatic carbocycles. The normalized spacial score (nSPS) is 15.0. The van der Waals surface area contributed by atoms with Crippen LogP contribution in [0.1, 0.15) is 50.0 Å². The van der Waals surface area contributed by atoms with Gasteiger partial charge in [0.2, 0.25) is 0 Å². The Bertz CT molecular complexity index is 578. The minimum absolute atomic E-state index is 0.0304. The number of nitrogens with two attached hydrogens (primary N) is 1. The van der Waals surface area contributed by atoms with Crippen molar-refractivity contribution in [2.24, 2.45) is 5.73 Å². The Hall–Kier alpha value is -1.19. The van der Waals surface area contributed by atoms with E-state index in [-0.39, 0.29) is 16.7 Å². The molecule has 1 aromatic heterocycles. The third kappa shape index (κ3) is 4.14. The molecule has 0 aliphatic rings. The van der Waals surface area contributed by atoms with Crippen LogP contribution in [0.15, 0.2) is 45.7 Å². The highest BCUT2D eigenvalue weighted by Gasteiger charge is 2.21. The van der Waals surface area contributed by atoms with E-state index in [1.54, 1.807) is 11.8 Å². The number of furan rings is 1. The van der Waals surface area contributed by atoms with Gasteiger partial charge < -0.3 is 10.2 Å². The fraction of sp³-hybridized carbons (Fsp3) is 0.444. The van der Waals surface area contributed by atoms with Crippen molar-refractivity contribution in [1.29, 1.82) is 0 Å². The van der Waals surface area contributed by atoms with E-state index in [1.165, 1.54) is 10.5 Å². The molecule has 2 nitrogen and oxygen atoms in total. The summed E-state index contributed by atoms with van der Waals surface area (Å²) in [5.74, 6) is 1.88. The van der Waals surface area contributed by atoms with Crippen molar-refractivity contribution in [3.63, 3.8) is 0 Å². The molecule has 0 radical (unpaired) electrons. The van der Waals surface area contributed by atoms with E-state index < -0.39 is 0 Å². The largest absolute Gasteiger partial charge is 0.465 e. The van der Waals surface area contributed by atoms with E-state index in [0.717, 1.165) is 11.5 Å². The smallest absolute Gasteiger partial charge is 0.119 e. The predicted octanol–water partition coefficient (Wildman–Crippen LogP) is 5.07. The fourth-order valence-corrected chi connectivity index (χ4v) is 3.25. The number of hydrogen-bond donors (Lipinski definition) is 1. The lowest BCUT2D eigenvalue weighted by Gasteiger charge is -2.21. The van der Waals surface area contributed by atoms with E-state index in [0.29, 0.717) is 0 Å². The summed E-state index contributed by atoms with van der Waals surface area (Å²) in [6, 6.07) is 12.8.